The maximum atomic E-state index is 11.9. The lowest BCUT2D eigenvalue weighted by atomic mass is 9.77. The van der Waals surface area contributed by atoms with E-state index in [-0.39, 0.29) is 16.9 Å². The Hall–Kier alpha value is -2.36. The van der Waals surface area contributed by atoms with Gasteiger partial charge in [-0.25, -0.2) is 0 Å². The molecule has 1 amide bonds. The van der Waals surface area contributed by atoms with Gasteiger partial charge in [0.2, 0.25) is 0 Å². The number of amides is 1. The van der Waals surface area contributed by atoms with E-state index in [0.717, 1.165) is 6.42 Å². The molecule has 4 heteroatoms. The first-order valence-electron chi connectivity index (χ1n) is 6.29. The fraction of sp³-hybridized carbons (Fsp3) is 0.200. The SMILES string of the molecule is O=C(NCC1Cc2ccccc21)c1c[nH]ccc1=O. The van der Waals surface area contributed by atoms with Crippen molar-refractivity contribution >= 4 is 5.91 Å². The van der Waals surface area contributed by atoms with Gasteiger partial charge in [-0.05, 0) is 17.5 Å². The Bertz CT molecular complexity index is 676. The molecule has 0 aliphatic heterocycles. The Balaban J connectivity index is 1.64. The fourth-order valence-electron chi connectivity index (χ4n) is 2.45. The average Bonchev–Trinajstić information content (AvgIpc) is 2.40. The summed E-state index contributed by atoms with van der Waals surface area (Å²) in [6.07, 6.45) is 3.94. The first kappa shape index (κ1) is 11.7. The van der Waals surface area contributed by atoms with Crippen LogP contribution < -0.4 is 10.7 Å². The summed E-state index contributed by atoms with van der Waals surface area (Å²) in [6.45, 7) is 0.574. The molecule has 0 radical (unpaired) electrons. The Kier molecular flexibility index (Phi) is 2.91. The topological polar surface area (TPSA) is 62.0 Å². The van der Waals surface area contributed by atoms with Crippen molar-refractivity contribution in [2.75, 3.05) is 6.54 Å². The Morgan fingerprint density at radius 2 is 2.16 bits per heavy atom. The molecular weight excluding hydrogens is 240 g/mol. The van der Waals surface area contributed by atoms with Gasteiger partial charge in [-0.2, -0.15) is 0 Å². The maximum absolute atomic E-state index is 11.9. The van der Waals surface area contributed by atoms with Crippen molar-refractivity contribution in [1.82, 2.24) is 10.3 Å². The second kappa shape index (κ2) is 4.72. The lowest BCUT2D eigenvalue weighted by molar-refractivity contribution is 0.0948. The van der Waals surface area contributed by atoms with Crippen molar-refractivity contribution in [3.63, 3.8) is 0 Å². The van der Waals surface area contributed by atoms with Gasteiger partial charge in [0, 0.05) is 30.9 Å². The summed E-state index contributed by atoms with van der Waals surface area (Å²) < 4.78 is 0. The number of aromatic amines is 1. The zero-order chi connectivity index (χ0) is 13.2. The largest absolute Gasteiger partial charge is 0.367 e. The lowest BCUT2D eigenvalue weighted by Gasteiger charge is -2.30. The molecule has 0 saturated heterocycles. The van der Waals surface area contributed by atoms with E-state index in [1.807, 2.05) is 12.1 Å². The van der Waals surface area contributed by atoms with Crippen LogP contribution in [0.15, 0.2) is 47.5 Å². The number of H-pyrrole nitrogens is 1. The summed E-state index contributed by atoms with van der Waals surface area (Å²) in [7, 11) is 0. The highest BCUT2D eigenvalue weighted by Gasteiger charge is 2.25. The highest BCUT2D eigenvalue weighted by atomic mass is 16.2. The van der Waals surface area contributed by atoms with E-state index < -0.39 is 0 Å². The van der Waals surface area contributed by atoms with Crippen molar-refractivity contribution in [2.45, 2.75) is 12.3 Å². The van der Waals surface area contributed by atoms with Crippen LogP contribution >= 0.6 is 0 Å². The third-order valence-corrected chi connectivity index (χ3v) is 3.54. The third-order valence-electron chi connectivity index (χ3n) is 3.54. The van der Waals surface area contributed by atoms with Gasteiger partial charge in [-0.3, -0.25) is 9.59 Å². The molecule has 1 atom stereocenters. The normalized spacial score (nSPS) is 16.3. The minimum Gasteiger partial charge on any atom is -0.367 e. The number of pyridine rings is 1. The number of aromatic nitrogens is 1. The van der Waals surface area contributed by atoms with Gasteiger partial charge >= 0.3 is 0 Å². The number of carbonyl (C=O) groups excluding carboxylic acids is 1. The number of hydrogen-bond donors (Lipinski definition) is 2. The van der Waals surface area contributed by atoms with Crippen LogP contribution in [0.2, 0.25) is 0 Å². The zero-order valence-corrected chi connectivity index (χ0v) is 10.3. The molecule has 0 fully saturated rings. The van der Waals surface area contributed by atoms with Crippen LogP contribution in [0.25, 0.3) is 0 Å². The van der Waals surface area contributed by atoms with Gasteiger partial charge in [0.1, 0.15) is 5.56 Å². The first-order valence-corrected chi connectivity index (χ1v) is 6.29. The minimum atomic E-state index is -0.314. The predicted octanol–water partition coefficient (Wildman–Crippen LogP) is 1.44. The predicted molar refractivity (Wildman–Crippen MR) is 72.3 cm³/mol. The van der Waals surface area contributed by atoms with E-state index in [2.05, 4.69) is 22.4 Å². The second-order valence-corrected chi connectivity index (χ2v) is 4.73. The van der Waals surface area contributed by atoms with Crippen molar-refractivity contribution in [2.24, 2.45) is 0 Å². The van der Waals surface area contributed by atoms with Crippen molar-refractivity contribution in [1.29, 1.82) is 0 Å². The molecule has 0 bridgehead atoms. The molecule has 0 spiro atoms. The number of rotatable bonds is 3. The molecule has 2 N–H and O–H groups in total. The quantitative estimate of drug-likeness (QED) is 0.870. The smallest absolute Gasteiger partial charge is 0.256 e. The maximum Gasteiger partial charge on any atom is 0.256 e. The van der Waals surface area contributed by atoms with Crippen LogP contribution in [0, 0.1) is 0 Å². The van der Waals surface area contributed by atoms with Crippen molar-refractivity contribution < 1.29 is 4.79 Å². The molecular formula is C15H14N2O2. The van der Waals surface area contributed by atoms with Gasteiger partial charge in [0.25, 0.3) is 5.91 Å². The monoisotopic (exact) mass is 254 g/mol. The third kappa shape index (κ3) is 2.17. The summed E-state index contributed by atoms with van der Waals surface area (Å²) in [4.78, 5) is 26.2. The summed E-state index contributed by atoms with van der Waals surface area (Å²) >= 11 is 0. The average molecular weight is 254 g/mol. The van der Waals surface area contributed by atoms with Gasteiger partial charge in [0.05, 0.1) is 0 Å². The molecule has 3 rings (SSSR count). The first-order chi connectivity index (χ1) is 9.25. The lowest BCUT2D eigenvalue weighted by Crippen LogP contribution is -2.35. The van der Waals surface area contributed by atoms with Gasteiger partial charge in [0.15, 0.2) is 5.43 Å². The van der Waals surface area contributed by atoms with Crippen molar-refractivity contribution in [3.05, 3.63) is 69.6 Å². The molecule has 1 aliphatic carbocycles. The Morgan fingerprint density at radius 1 is 1.32 bits per heavy atom. The number of nitrogens with one attached hydrogen (secondary N) is 2. The molecule has 1 aromatic heterocycles. The molecule has 1 heterocycles. The van der Waals surface area contributed by atoms with Crippen LogP contribution in [0.4, 0.5) is 0 Å². The van der Waals surface area contributed by atoms with E-state index in [1.165, 1.54) is 29.6 Å². The summed E-state index contributed by atoms with van der Waals surface area (Å²) in [6, 6.07) is 9.58. The highest BCUT2D eigenvalue weighted by molar-refractivity contribution is 5.93. The van der Waals surface area contributed by atoms with Gasteiger partial charge in [-0.15, -0.1) is 0 Å². The molecule has 1 aromatic carbocycles. The second-order valence-electron chi connectivity index (χ2n) is 4.73. The molecule has 2 aromatic rings. The van der Waals surface area contributed by atoms with E-state index in [1.54, 1.807) is 0 Å². The Labute approximate surface area is 110 Å². The molecule has 4 nitrogen and oxygen atoms in total. The molecule has 1 unspecified atom stereocenters. The highest BCUT2D eigenvalue weighted by Crippen LogP contribution is 2.33. The molecule has 96 valence electrons. The molecule has 19 heavy (non-hydrogen) atoms. The van der Waals surface area contributed by atoms with E-state index >= 15 is 0 Å². The zero-order valence-electron chi connectivity index (χ0n) is 10.3. The number of benzene rings is 1. The minimum absolute atomic E-state index is 0.162. The number of fused-ring (bicyclic) bond motifs is 1. The van der Waals surface area contributed by atoms with E-state index in [4.69, 9.17) is 0 Å². The van der Waals surface area contributed by atoms with Crippen LogP contribution in [-0.2, 0) is 6.42 Å². The van der Waals surface area contributed by atoms with E-state index in [9.17, 15) is 9.59 Å². The molecule has 1 aliphatic rings. The van der Waals surface area contributed by atoms with Crippen molar-refractivity contribution in [3.8, 4) is 0 Å². The standard InChI is InChI=1S/C15H14N2O2/c18-14-5-6-16-9-13(14)15(19)17-8-11-7-10-3-1-2-4-12(10)11/h1-6,9,11H,7-8H2,(H,16,18)(H,17,19). The van der Waals surface area contributed by atoms with Crippen LogP contribution in [0.5, 0.6) is 0 Å². The summed E-state index contributed by atoms with van der Waals surface area (Å²) in [5.41, 5.74) is 2.55. The molecule has 0 saturated carbocycles. The number of hydrogen-bond acceptors (Lipinski definition) is 2. The summed E-state index contributed by atoms with van der Waals surface area (Å²) in [5.74, 6) is 0.0502. The van der Waals surface area contributed by atoms with Crippen LogP contribution in [-0.4, -0.2) is 17.4 Å². The van der Waals surface area contributed by atoms with E-state index in [0.29, 0.717) is 12.5 Å². The Morgan fingerprint density at radius 3 is 2.95 bits per heavy atom. The van der Waals surface area contributed by atoms with Gasteiger partial charge in [-0.1, -0.05) is 24.3 Å². The summed E-state index contributed by atoms with van der Waals surface area (Å²) in [5, 5.41) is 2.82. The van der Waals surface area contributed by atoms with Crippen LogP contribution in [0.1, 0.15) is 27.4 Å². The van der Waals surface area contributed by atoms with Gasteiger partial charge < -0.3 is 10.3 Å². The number of carbonyl (C=O) groups is 1. The fourth-order valence-corrected chi connectivity index (χ4v) is 2.45. The van der Waals surface area contributed by atoms with Crippen LogP contribution in [0.3, 0.4) is 0 Å².